The fraction of sp³-hybridized carbons (Fsp3) is 0.227. The molecule has 7 nitrogen and oxygen atoms in total. The first-order valence-electron chi connectivity index (χ1n) is 9.76. The van der Waals surface area contributed by atoms with E-state index in [2.05, 4.69) is 15.3 Å². The van der Waals surface area contributed by atoms with Gasteiger partial charge < -0.3 is 14.5 Å². The van der Waals surface area contributed by atoms with Gasteiger partial charge in [-0.15, -0.1) is 0 Å². The maximum absolute atomic E-state index is 13.1. The number of carbonyl (C=O) groups excluding carboxylic acids is 1. The fourth-order valence-corrected chi connectivity index (χ4v) is 4.13. The number of ether oxygens (including phenoxy) is 1. The van der Waals surface area contributed by atoms with Gasteiger partial charge in [0.05, 0.1) is 17.7 Å². The van der Waals surface area contributed by atoms with Crippen molar-refractivity contribution < 1.29 is 22.7 Å². The molecule has 0 radical (unpaired) electrons. The van der Waals surface area contributed by atoms with Crippen molar-refractivity contribution >= 4 is 22.4 Å². The number of thiazole rings is 1. The number of halogens is 2. The van der Waals surface area contributed by atoms with Gasteiger partial charge in [-0.3, -0.25) is 9.36 Å². The number of aryl methyl sites for hydroxylation is 2. The Kier molecular flexibility index (Phi) is 6.31. The van der Waals surface area contributed by atoms with Crippen molar-refractivity contribution in [1.82, 2.24) is 14.5 Å². The zero-order chi connectivity index (χ0) is 22.7. The lowest BCUT2D eigenvalue weighted by molar-refractivity contribution is -0.116. The molecule has 0 fully saturated rings. The molecule has 0 saturated carbocycles. The Morgan fingerprint density at radius 2 is 2.03 bits per heavy atom. The summed E-state index contributed by atoms with van der Waals surface area (Å²) in [5, 5.41) is 3.06. The number of nitrogens with zero attached hydrogens (tertiary/aromatic N) is 3. The molecule has 3 aromatic heterocycles. The zero-order valence-electron chi connectivity index (χ0n) is 17.3. The molecule has 10 heteroatoms. The minimum Gasteiger partial charge on any atom is -0.497 e. The summed E-state index contributed by atoms with van der Waals surface area (Å²) in [4.78, 5) is 21.1. The number of methoxy groups -OCH3 is 1. The molecule has 0 aliphatic carbocycles. The van der Waals surface area contributed by atoms with Crippen LogP contribution in [0.25, 0.3) is 22.0 Å². The number of anilines is 1. The Labute approximate surface area is 186 Å². The summed E-state index contributed by atoms with van der Waals surface area (Å²) in [6.45, 7) is -1.02. The lowest BCUT2D eigenvalue weighted by Crippen LogP contribution is -2.11. The quantitative estimate of drug-likeness (QED) is 0.374. The van der Waals surface area contributed by atoms with Crippen LogP contribution in [0.5, 0.6) is 5.75 Å². The number of imidazole rings is 1. The molecule has 0 spiro atoms. The van der Waals surface area contributed by atoms with Crippen LogP contribution in [0.3, 0.4) is 0 Å². The molecule has 0 unspecified atom stereocenters. The summed E-state index contributed by atoms with van der Waals surface area (Å²) in [6, 6.07) is 11.2. The van der Waals surface area contributed by atoms with Crippen molar-refractivity contribution in [2.75, 3.05) is 12.4 Å². The van der Waals surface area contributed by atoms with Crippen LogP contribution in [-0.4, -0.2) is 27.6 Å². The largest absolute Gasteiger partial charge is 0.497 e. The van der Waals surface area contributed by atoms with E-state index >= 15 is 0 Å². The highest BCUT2D eigenvalue weighted by molar-refractivity contribution is 7.19. The molecule has 32 heavy (non-hydrogen) atoms. The van der Waals surface area contributed by atoms with Crippen LogP contribution in [0, 0.1) is 6.92 Å². The van der Waals surface area contributed by atoms with Crippen LogP contribution in [-0.2, 0) is 11.2 Å². The van der Waals surface area contributed by atoms with E-state index in [4.69, 9.17) is 9.15 Å². The van der Waals surface area contributed by atoms with Gasteiger partial charge in [-0.05, 0) is 43.3 Å². The van der Waals surface area contributed by atoms with Gasteiger partial charge in [-0.25, -0.2) is 9.97 Å². The Hall–Kier alpha value is -3.53. The number of carbonyl (C=O) groups is 1. The second-order valence-electron chi connectivity index (χ2n) is 6.91. The number of hydrogen-bond acceptors (Lipinski definition) is 6. The van der Waals surface area contributed by atoms with E-state index in [1.165, 1.54) is 12.4 Å². The molecular formula is C22H20F2N4O3S. The van der Waals surface area contributed by atoms with Gasteiger partial charge in [-0.1, -0.05) is 11.3 Å². The summed E-state index contributed by atoms with van der Waals surface area (Å²) in [6.07, 6.45) is 3.12. The lowest BCUT2D eigenvalue weighted by Gasteiger charge is -2.04. The Morgan fingerprint density at radius 3 is 2.75 bits per heavy atom. The molecular weight excluding hydrogens is 438 g/mol. The van der Waals surface area contributed by atoms with Crippen LogP contribution in [0.2, 0.25) is 0 Å². The summed E-state index contributed by atoms with van der Waals surface area (Å²) in [7, 11) is 1.61. The first-order valence-corrected chi connectivity index (χ1v) is 10.6. The monoisotopic (exact) mass is 458 g/mol. The second-order valence-corrected chi connectivity index (χ2v) is 7.91. The summed E-state index contributed by atoms with van der Waals surface area (Å²) in [5.74, 6) is 2.02. The third-order valence-corrected chi connectivity index (χ3v) is 5.83. The number of amides is 1. The van der Waals surface area contributed by atoms with E-state index in [9.17, 15) is 13.6 Å². The standard InChI is InChI=1S/C22H20F2N4O3S/c1-13-19(20-25-11-12-28(20)21(23)24)32-22(26-13)27-18(29)10-8-16-7-9-17(31-16)14-3-5-15(30-2)6-4-14/h3-7,9,11-12,21H,8,10H2,1-2H3,(H,26,27,29). The van der Waals surface area contributed by atoms with Crippen LogP contribution in [0.15, 0.2) is 53.2 Å². The predicted molar refractivity (Wildman–Crippen MR) is 117 cm³/mol. The highest BCUT2D eigenvalue weighted by Gasteiger charge is 2.19. The Morgan fingerprint density at radius 1 is 1.25 bits per heavy atom. The predicted octanol–water partition coefficient (Wildman–Crippen LogP) is 5.55. The normalized spacial score (nSPS) is 11.2. The molecule has 1 aromatic carbocycles. The third-order valence-electron chi connectivity index (χ3n) is 4.76. The number of rotatable bonds is 8. The van der Waals surface area contributed by atoms with Crippen molar-refractivity contribution in [2.45, 2.75) is 26.3 Å². The van der Waals surface area contributed by atoms with Crippen molar-refractivity contribution in [3.05, 3.63) is 60.2 Å². The highest BCUT2D eigenvalue weighted by atomic mass is 32.1. The number of hydrogen-bond donors (Lipinski definition) is 1. The highest BCUT2D eigenvalue weighted by Crippen LogP contribution is 2.33. The number of aromatic nitrogens is 3. The third kappa shape index (κ3) is 4.70. The fourth-order valence-electron chi connectivity index (χ4n) is 3.14. The van der Waals surface area contributed by atoms with Gasteiger partial charge >= 0.3 is 6.55 Å². The minimum atomic E-state index is -2.71. The van der Waals surface area contributed by atoms with E-state index in [1.54, 1.807) is 14.0 Å². The van der Waals surface area contributed by atoms with E-state index in [1.807, 2.05) is 36.4 Å². The summed E-state index contributed by atoms with van der Waals surface area (Å²) in [5.41, 5.74) is 1.43. The SMILES string of the molecule is COc1ccc(-c2ccc(CCC(=O)Nc3nc(C)c(-c4nccn4C(F)F)s3)o2)cc1. The maximum Gasteiger partial charge on any atom is 0.320 e. The number of benzene rings is 1. The minimum absolute atomic E-state index is 0.122. The molecule has 166 valence electrons. The molecule has 0 saturated heterocycles. The van der Waals surface area contributed by atoms with Crippen LogP contribution >= 0.6 is 11.3 Å². The zero-order valence-corrected chi connectivity index (χ0v) is 18.2. The van der Waals surface area contributed by atoms with Gasteiger partial charge in [0.25, 0.3) is 0 Å². The van der Waals surface area contributed by atoms with E-state index in [0.717, 1.165) is 27.2 Å². The van der Waals surface area contributed by atoms with Gasteiger partial charge in [0.1, 0.15) is 17.3 Å². The van der Waals surface area contributed by atoms with Crippen LogP contribution < -0.4 is 10.1 Å². The average Bonchev–Trinajstić information content (AvgIpc) is 3.52. The average molecular weight is 458 g/mol. The molecule has 4 aromatic rings. The Bertz CT molecular complexity index is 1210. The number of furan rings is 1. The van der Waals surface area contributed by atoms with Gasteiger partial charge in [-0.2, -0.15) is 8.78 Å². The van der Waals surface area contributed by atoms with Gasteiger partial charge in [0, 0.05) is 30.8 Å². The Balaban J connectivity index is 1.37. The molecule has 3 heterocycles. The number of nitrogens with one attached hydrogen (secondary N) is 1. The summed E-state index contributed by atoms with van der Waals surface area (Å²) >= 11 is 1.11. The first-order chi connectivity index (χ1) is 15.4. The molecule has 1 N–H and O–H groups in total. The molecule has 4 rings (SSSR count). The topological polar surface area (TPSA) is 82.2 Å². The van der Waals surface area contributed by atoms with Crippen molar-refractivity contribution in [1.29, 1.82) is 0 Å². The number of alkyl halides is 2. The van der Waals surface area contributed by atoms with E-state index in [0.29, 0.717) is 33.6 Å². The van der Waals surface area contributed by atoms with E-state index < -0.39 is 6.55 Å². The van der Waals surface area contributed by atoms with Crippen molar-refractivity contribution in [3.63, 3.8) is 0 Å². The molecule has 0 bridgehead atoms. The second kappa shape index (κ2) is 9.31. The smallest absolute Gasteiger partial charge is 0.320 e. The van der Waals surface area contributed by atoms with Gasteiger partial charge in [0.2, 0.25) is 5.91 Å². The van der Waals surface area contributed by atoms with Gasteiger partial charge in [0.15, 0.2) is 11.0 Å². The molecule has 1 amide bonds. The molecule has 0 aliphatic heterocycles. The van der Waals surface area contributed by atoms with Crippen molar-refractivity contribution in [3.8, 4) is 27.8 Å². The van der Waals surface area contributed by atoms with Crippen LogP contribution in [0.1, 0.15) is 24.4 Å². The van der Waals surface area contributed by atoms with Crippen molar-refractivity contribution in [2.24, 2.45) is 0 Å². The van der Waals surface area contributed by atoms with E-state index in [-0.39, 0.29) is 18.2 Å². The first kappa shape index (κ1) is 21.7. The summed E-state index contributed by atoms with van der Waals surface area (Å²) < 4.78 is 38.0. The lowest BCUT2D eigenvalue weighted by atomic mass is 10.2. The van der Waals surface area contributed by atoms with Crippen LogP contribution in [0.4, 0.5) is 13.9 Å². The molecule has 0 atom stereocenters. The maximum atomic E-state index is 13.1. The molecule has 0 aliphatic rings.